The van der Waals surface area contributed by atoms with Gasteiger partial charge < -0.3 is 25.4 Å². The van der Waals surface area contributed by atoms with Gasteiger partial charge in [-0.1, -0.05) is 38.1 Å². The number of ether oxygens (including phenoxy) is 1. The zero-order chi connectivity index (χ0) is 28.7. The molecule has 2 amide bonds. The molecule has 3 N–H and O–H groups in total. The third-order valence-corrected chi connectivity index (χ3v) is 7.22. The van der Waals surface area contributed by atoms with Crippen molar-refractivity contribution in [2.24, 2.45) is 0 Å². The van der Waals surface area contributed by atoms with Crippen molar-refractivity contribution in [2.45, 2.75) is 63.6 Å². The highest BCUT2D eigenvalue weighted by molar-refractivity contribution is 6.32. The molecule has 0 aromatic heterocycles. The van der Waals surface area contributed by atoms with Crippen molar-refractivity contribution in [3.8, 4) is 0 Å². The largest absolute Gasteiger partial charge is 0.462 e. The van der Waals surface area contributed by atoms with E-state index in [1.165, 1.54) is 18.9 Å². The zero-order valence-electron chi connectivity index (χ0n) is 22.8. The number of rotatable bonds is 9. The maximum absolute atomic E-state index is 13.9. The van der Waals surface area contributed by atoms with Crippen molar-refractivity contribution in [1.29, 1.82) is 0 Å². The van der Waals surface area contributed by atoms with Gasteiger partial charge in [-0.15, -0.1) is 0 Å². The average molecular weight is 546 g/mol. The summed E-state index contributed by atoms with van der Waals surface area (Å²) in [4.78, 5) is 37.4. The van der Waals surface area contributed by atoms with Gasteiger partial charge in [0, 0.05) is 38.2 Å². The maximum Gasteiger partial charge on any atom is 0.396 e. The van der Waals surface area contributed by atoms with E-state index in [4.69, 9.17) is 0 Å². The van der Waals surface area contributed by atoms with Crippen molar-refractivity contribution in [3.63, 3.8) is 0 Å². The maximum atomic E-state index is 13.9. The first kappa shape index (κ1) is 30.2. The SMILES string of the molecule is COC(=O)C(=O)N1CCC(NCC(O)CC(NC(C)=O)c2cc(F)cc(F)c2)(c2cccc(C(C)C)c2)CC1. The van der Waals surface area contributed by atoms with E-state index in [9.17, 15) is 28.3 Å². The molecule has 0 aliphatic carbocycles. The smallest absolute Gasteiger partial charge is 0.396 e. The summed E-state index contributed by atoms with van der Waals surface area (Å²) in [5.41, 5.74) is 1.75. The Morgan fingerprint density at radius 2 is 1.69 bits per heavy atom. The number of piperidine rings is 1. The predicted molar refractivity (Wildman–Crippen MR) is 142 cm³/mol. The van der Waals surface area contributed by atoms with Gasteiger partial charge >= 0.3 is 11.9 Å². The lowest BCUT2D eigenvalue weighted by Gasteiger charge is -2.43. The van der Waals surface area contributed by atoms with Gasteiger partial charge in [0.25, 0.3) is 0 Å². The van der Waals surface area contributed by atoms with Crippen molar-refractivity contribution in [1.82, 2.24) is 15.5 Å². The van der Waals surface area contributed by atoms with Crippen LogP contribution < -0.4 is 10.6 Å². The Balaban J connectivity index is 1.81. The molecule has 1 fully saturated rings. The molecule has 0 spiro atoms. The number of esters is 1. The van der Waals surface area contributed by atoms with Gasteiger partial charge in [-0.3, -0.25) is 9.59 Å². The van der Waals surface area contributed by atoms with Crippen LogP contribution in [-0.4, -0.2) is 60.6 Å². The van der Waals surface area contributed by atoms with Crippen LogP contribution in [0.2, 0.25) is 0 Å². The van der Waals surface area contributed by atoms with Crippen molar-refractivity contribution < 1.29 is 33.0 Å². The van der Waals surface area contributed by atoms with Gasteiger partial charge in [0.15, 0.2) is 0 Å². The molecule has 1 saturated heterocycles. The fraction of sp³-hybridized carbons (Fsp3) is 0.483. The van der Waals surface area contributed by atoms with E-state index in [1.54, 1.807) is 0 Å². The molecule has 1 aliphatic rings. The second-order valence-electron chi connectivity index (χ2n) is 10.4. The van der Waals surface area contributed by atoms with Gasteiger partial charge in [0.05, 0.1) is 19.3 Å². The highest BCUT2D eigenvalue weighted by Crippen LogP contribution is 2.35. The number of halogens is 2. The van der Waals surface area contributed by atoms with Crippen LogP contribution >= 0.6 is 0 Å². The number of nitrogens with one attached hydrogen (secondary N) is 2. The first-order valence-electron chi connectivity index (χ1n) is 13.1. The minimum absolute atomic E-state index is 0.0184. The van der Waals surface area contributed by atoms with Gasteiger partial charge in [0.2, 0.25) is 5.91 Å². The van der Waals surface area contributed by atoms with Crippen LogP contribution in [0, 0.1) is 11.6 Å². The molecule has 39 heavy (non-hydrogen) atoms. The summed E-state index contributed by atoms with van der Waals surface area (Å²) in [6, 6.07) is 10.3. The highest BCUT2D eigenvalue weighted by Gasteiger charge is 2.39. The molecule has 2 unspecified atom stereocenters. The fourth-order valence-electron chi connectivity index (χ4n) is 5.04. The molecule has 3 rings (SSSR count). The van der Waals surface area contributed by atoms with E-state index in [1.807, 2.05) is 18.2 Å². The third-order valence-electron chi connectivity index (χ3n) is 7.22. The summed E-state index contributed by atoms with van der Waals surface area (Å²) in [6.07, 6.45) is 0.000533. The number of aliphatic hydroxyl groups is 1. The van der Waals surface area contributed by atoms with Gasteiger partial charge in [-0.2, -0.15) is 0 Å². The Hall–Kier alpha value is -3.37. The fourth-order valence-corrected chi connectivity index (χ4v) is 5.04. The van der Waals surface area contributed by atoms with E-state index in [0.29, 0.717) is 31.8 Å². The molecular formula is C29H37F2N3O5. The lowest BCUT2D eigenvalue weighted by Crippen LogP contribution is -2.55. The molecule has 0 bridgehead atoms. The van der Waals surface area contributed by atoms with Gasteiger partial charge in [-0.25, -0.2) is 13.6 Å². The van der Waals surface area contributed by atoms with Crippen molar-refractivity contribution in [2.75, 3.05) is 26.7 Å². The predicted octanol–water partition coefficient (Wildman–Crippen LogP) is 3.30. The molecular weight excluding hydrogens is 508 g/mol. The topological polar surface area (TPSA) is 108 Å². The van der Waals surface area contributed by atoms with E-state index >= 15 is 0 Å². The third kappa shape index (κ3) is 7.83. The van der Waals surface area contributed by atoms with Crippen molar-refractivity contribution in [3.05, 3.63) is 70.8 Å². The van der Waals surface area contributed by atoms with Crippen LogP contribution in [0.15, 0.2) is 42.5 Å². The van der Waals surface area contributed by atoms with Gasteiger partial charge in [-0.05, 0) is 54.0 Å². The van der Waals surface area contributed by atoms with E-state index in [0.717, 1.165) is 29.3 Å². The Bertz CT molecular complexity index is 1160. The molecule has 8 nitrogen and oxygen atoms in total. The van der Waals surface area contributed by atoms with E-state index < -0.39 is 47.1 Å². The molecule has 2 atom stereocenters. The lowest BCUT2D eigenvalue weighted by atomic mass is 9.79. The quantitative estimate of drug-likeness (QED) is 0.330. The molecule has 2 aromatic carbocycles. The Kier molecular flexibility index (Phi) is 10.2. The van der Waals surface area contributed by atoms with E-state index in [-0.39, 0.29) is 18.5 Å². The van der Waals surface area contributed by atoms with E-state index in [2.05, 4.69) is 35.3 Å². The zero-order valence-corrected chi connectivity index (χ0v) is 22.8. The summed E-state index contributed by atoms with van der Waals surface area (Å²) >= 11 is 0. The molecule has 0 radical (unpaired) electrons. The first-order chi connectivity index (χ1) is 18.4. The van der Waals surface area contributed by atoms with Crippen LogP contribution in [0.1, 0.15) is 68.7 Å². The number of amides is 2. The van der Waals surface area contributed by atoms with Crippen LogP contribution in [-0.2, 0) is 24.7 Å². The molecule has 212 valence electrons. The minimum Gasteiger partial charge on any atom is -0.462 e. The number of aliphatic hydroxyl groups excluding tert-OH is 1. The number of hydrogen-bond acceptors (Lipinski definition) is 6. The molecule has 1 heterocycles. The first-order valence-corrected chi connectivity index (χ1v) is 13.1. The van der Waals surface area contributed by atoms with Crippen molar-refractivity contribution >= 4 is 17.8 Å². The summed E-state index contributed by atoms with van der Waals surface area (Å²) in [5, 5.41) is 17.1. The molecule has 1 aliphatic heterocycles. The standard InChI is InChI=1S/C29H37F2N3O5/c1-18(2)20-6-5-7-22(12-20)29(8-10-34(11-9-29)27(37)28(38)39-4)32-17-25(36)16-26(33-19(3)35)21-13-23(30)15-24(31)14-21/h5-7,12-15,18,25-26,32,36H,8-11,16-17H2,1-4H3,(H,33,35). The molecule has 10 heteroatoms. The average Bonchev–Trinajstić information content (AvgIpc) is 2.90. The number of likely N-dealkylation sites (tertiary alicyclic amines) is 1. The summed E-state index contributed by atoms with van der Waals surface area (Å²) in [5.74, 6) is -3.25. The number of hydrogen-bond donors (Lipinski definition) is 3. The Morgan fingerprint density at radius 3 is 2.26 bits per heavy atom. The molecule has 0 saturated carbocycles. The monoisotopic (exact) mass is 545 g/mol. The number of carbonyl (C=O) groups excluding carboxylic acids is 3. The Morgan fingerprint density at radius 1 is 1.05 bits per heavy atom. The second-order valence-corrected chi connectivity index (χ2v) is 10.4. The summed E-state index contributed by atoms with van der Waals surface area (Å²) in [6.45, 7) is 6.22. The second kappa shape index (κ2) is 13.1. The van der Waals surface area contributed by atoms with Crippen LogP contribution in [0.25, 0.3) is 0 Å². The van der Waals surface area contributed by atoms with Gasteiger partial charge in [0.1, 0.15) is 11.6 Å². The number of carbonyl (C=O) groups is 3. The van der Waals surface area contributed by atoms with Crippen LogP contribution in [0.5, 0.6) is 0 Å². The number of methoxy groups -OCH3 is 1. The summed E-state index contributed by atoms with van der Waals surface area (Å²) < 4.78 is 32.3. The normalized spacial score (nSPS) is 16.5. The number of benzene rings is 2. The highest BCUT2D eigenvalue weighted by atomic mass is 19.1. The van der Waals surface area contributed by atoms with Crippen LogP contribution in [0.3, 0.4) is 0 Å². The minimum atomic E-state index is -0.979. The van der Waals surface area contributed by atoms with Crippen LogP contribution in [0.4, 0.5) is 8.78 Å². The molecule has 2 aromatic rings. The Labute approximate surface area is 227 Å². The lowest BCUT2D eigenvalue weighted by molar-refractivity contribution is -0.159. The number of nitrogens with zero attached hydrogens (tertiary/aromatic N) is 1. The summed E-state index contributed by atoms with van der Waals surface area (Å²) in [7, 11) is 1.17.